The van der Waals surface area contributed by atoms with Gasteiger partial charge in [0, 0.05) is 6.04 Å². The van der Waals surface area contributed by atoms with Crippen LogP contribution in [0.2, 0.25) is 0 Å². The highest BCUT2D eigenvalue weighted by Crippen LogP contribution is 2.56. The van der Waals surface area contributed by atoms with Crippen molar-refractivity contribution in [2.24, 2.45) is 0 Å². The van der Waals surface area contributed by atoms with Crippen LogP contribution in [0, 0.1) is 0 Å². The molecule has 1 aliphatic heterocycles. The van der Waals surface area contributed by atoms with E-state index in [0.717, 1.165) is 6.54 Å². The molecule has 3 aromatic rings. The van der Waals surface area contributed by atoms with Gasteiger partial charge in [0.15, 0.2) is 0 Å². The van der Waals surface area contributed by atoms with E-state index in [1.165, 1.54) is 41.3 Å². The Balaban J connectivity index is 0.00000210. The smallest absolute Gasteiger partial charge is 0.113 e. The van der Waals surface area contributed by atoms with E-state index in [1.807, 2.05) is 0 Å². The molecule has 1 atom stereocenters. The zero-order valence-electron chi connectivity index (χ0n) is 15.6. The molecule has 3 aromatic carbocycles. The van der Waals surface area contributed by atoms with Gasteiger partial charge in [-0.3, -0.25) is 0 Å². The molecule has 0 radical (unpaired) electrons. The van der Waals surface area contributed by atoms with Gasteiger partial charge in [-0.2, -0.15) is 0 Å². The van der Waals surface area contributed by atoms with Crippen LogP contribution in [0.1, 0.15) is 19.3 Å². The minimum atomic E-state index is -1.68. The Morgan fingerprint density at radius 3 is 1.48 bits per heavy atom. The second-order valence-corrected chi connectivity index (χ2v) is 10.7. The number of hydrogen-bond donors (Lipinski definition) is 1. The van der Waals surface area contributed by atoms with Crippen LogP contribution >= 0.6 is 7.26 Å². The monoisotopic (exact) mass is 487 g/mol. The molecule has 0 aliphatic carbocycles. The third-order valence-corrected chi connectivity index (χ3v) is 10.0. The Morgan fingerprint density at radius 1 is 0.667 bits per heavy atom. The third kappa shape index (κ3) is 4.45. The van der Waals surface area contributed by atoms with Gasteiger partial charge in [-0.05, 0) is 55.8 Å². The summed E-state index contributed by atoms with van der Waals surface area (Å²) in [6.07, 6.45) is 5.14. The van der Waals surface area contributed by atoms with Crippen molar-refractivity contribution in [2.45, 2.75) is 25.3 Å². The fourth-order valence-corrected chi connectivity index (χ4v) is 8.76. The number of nitrogens with one attached hydrogen (secondary N) is 1. The van der Waals surface area contributed by atoms with Gasteiger partial charge in [0.05, 0.1) is 6.16 Å². The van der Waals surface area contributed by atoms with E-state index in [4.69, 9.17) is 0 Å². The van der Waals surface area contributed by atoms with Crippen LogP contribution in [0.3, 0.4) is 0 Å². The van der Waals surface area contributed by atoms with Crippen molar-refractivity contribution in [3.63, 3.8) is 0 Å². The summed E-state index contributed by atoms with van der Waals surface area (Å²) in [5.41, 5.74) is 0. The zero-order valence-corrected chi connectivity index (χ0v) is 18.7. The van der Waals surface area contributed by atoms with E-state index >= 15 is 0 Å². The maximum Gasteiger partial charge on any atom is 0.113 e. The topological polar surface area (TPSA) is 12.0 Å². The Labute approximate surface area is 181 Å². The summed E-state index contributed by atoms with van der Waals surface area (Å²) in [4.78, 5) is 0. The van der Waals surface area contributed by atoms with Crippen molar-refractivity contribution >= 4 is 23.2 Å². The molecule has 0 aromatic heterocycles. The number of hydrogen-bond acceptors (Lipinski definition) is 1. The average molecular weight is 487 g/mol. The molecule has 140 valence electrons. The van der Waals surface area contributed by atoms with Gasteiger partial charge in [-0.25, -0.2) is 0 Å². The van der Waals surface area contributed by atoms with E-state index in [2.05, 4.69) is 96.3 Å². The molecular weight excluding hydrogens is 460 g/mol. The van der Waals surface area contributed by atoms with Gasteiger partial charge < -0.3 is 29.3 Å². The van der Waals surface area contributed by atoms with Crippen LogP contribution < -0.4 is 45.2 Å². The molecule has 1 heterocycles. The fourth-order valence-electron chi connectivity index (χ4n) is 4.22. The standard InChI is InChI=1S/C24H27NP.HI/c1-4-13-22(14-5-1)26(23-15-6-2-7-16-23,24-17-8-3-9-18-24)20-21-12-10-11-19-25-21;/h1-9,13-18,21,25H,10-12,19-20H2;1H/q+1;/p-1. The van der Waals surface area contributed by atoms with Crippen molar-refractivity contribution in [3.05, 3.63) is 91.0 Å². The molecule has 1 nitrogen and oxygen atoms in total. The highest BCUT2D eigenvalue weighted by atomic mass is 127. The van der Waals surface area contributed by atoms with Gasteiger partial charge in [0.1, 0.15) is 23.2 Å². The highest BCUT2D eigenvalue weighted by molar-refractivity contribution is 7.95. The van der Waals surface area contributed by atoms with Crippen LogP contribution in [0.4, 0.5) is 0 Å². The first-order valence-electron chi connectivity index (χ1n) is 9.68. The summed E-state index contributed by atoms with van der Waals surface area (Å²) >= 11 is 0. The minimum Gasteiger partial charge on any atom is -1.00 e. The first-order valence-corrected chi connectivity index (χ1v) is 11.7. The molecule has 0 spiro atoms. The minimum absolute atomic E-state index is 0. The van der Waals surface area contributed by atoms with Gasteiger partial charge in [-0.1, -0.05) is 61.0 Å². The van der Waals surface area contributed by atoms with Crippen LogP contribution in [0.15, 0.2) is 91.0 Å². The van der Waals surface area contributed by atoms with Gasteiger partial charge >= 0.3 is 0 Å². The molecule has 4 rings (SSSR count). The van der Waals surface area contributed by atoms with E-state index in [9.17, 15) is 0 Å². The largest absolute Gasteiger partial charge is 1.00 e. The summed E-state index contributed by atoms with van der Waals surface area (Å²) in [7, 11) is -1.68. The molecular formula is C24H27INP. The van der Waals surface area contributed by atoms with Crippen LogP contribution in [-0.4, -0.2) is 18.7 Å². The SMILES string of the molecule is [I-].c1ccc([P+](CC2CCCCN2)(c2ccccc2)c2ccccc2)cc1. The first-order chi connectivity index (χ1) is 12.9. The lowest BCUT2D eigenvalue weighted by molar-refractivity contribution is -0.00000520. The lowest BCUT2D eigenvalue weighted by atomic mass is 10.1. The Morgan fingerprint density at radius 2 is 1.11 bits per heavy atom. The molecule has 0 amide bonds. The molecule has 27 heavy (non-hydrogen) atoms. The second kappa shape index (κ2) is 9.82. The normalized spacial score (nSPS) is 17.1. The van der Waals surface area contributed by atoms with Crippen LogP contribution in [0.25, 0.3) is 0 Å². The summed E-state index contributed by atoms with van der Waals surface area (Å²) in [5, 5.41) is 8.28. The van der Waals surface area contributed by atoms with E-state index < -0.39 is 7.26 Å². The van der Waals surface area contributed by atoms with Gasteiger partial charge in [0.2, 0.25) is 0 Å². The van der Waals surface area contributed by atoms with Crippen LogP contribution in [0.5, 0.6) is 0 Å². The van der Waals surface area contributed by atoms with Crippen molar-refractivity contribution in [3.8, 4) is 0 Å². The Hall–Kier alpha value is -1.22. The second-order valence-electron chi connectivity index (χ2n) is 7.15. The van der Waals surface area contributed by atoms with Crippen molar-refractivity contribution in [1.29, 1.82) is 0 Å². The lowest BCUT2D eigenvalue weighted by Crippen LogP contribution is -3.00. The third-order valence-electron chi connectivity index (χ3n) is 5.50. The molecule has 0 saturated carbocycles. The Kier molecular flexibility index (Phi) is 7.46. The van der Waals surface area contributed by atoms with E-state index in [-0.39, 0.29) is 24.0 Å². The summed E-state index contributed by atoms with van der Waals surface area (Å²) in [6.45, 7) is 1.16. The van der Waals surface area contributed by atoms with Crippen LogP contribution in [-0.2, 0) is 0 Å². The summed E-state index contributed by atoms with van der Waals surface area (Å²) in [6, 6.07) is 34.2. The molecule has 1 unspecified atom stereocenters. The maximum absolute atomic E-state index is 3.81. The molecule has 1 saturated heterocycles. The Bertz CT molecular complexity index is 705. The van der Waals surface area contributed by atoms with Crippen molar-refractivity contribution in [1.82, 2.24) is 5.32 Å². The fraction of sp³-hybridized carbons (Fsp3) is 0.250. The van der Waals surface area contributed by atoms with Crippen molar-refractivity contribution in [2.75, 3.05) is 12.7 Å². The predicted octanol–water partition coefficient (Wildman–Crippen LogP) is 1.13. The number of benzene rings is 3. The highest BCUT2D eigenvalue weighted by Gasteiger charge is 2.46. The number of piperidine rings is 1. The average Bonchev–Trinajstić information content (AvgIpc) is 2.75. The summed E-state index contributed by atoms with van der Waals surface area (Å²) < 4.78 is 0. The molecule has 1 aliphatic rings. The summed E-state index contributed by atoms with van der Waals surface area (Å²) in [5.74, 6) is 0. The predicted molar refractivity (Wildman–Crippen MR) is 116 cm³/mol. The van der Waals surface area contributed by atoms with E-state index in [1.54, 1.807) is 0 Å². The number of halogens is 1. The quantitative estimate of drug-likeness (QED) is 0.421. The molecule has 0 bridgehead atoms. The van der Waals surface area contributed by atoms with Gasteiger partial charge in [0.25, 0.3) is 0 Å². The van der Waals surface area contributed by atoms with Gasteiger partial charge in [-0.15, -0.1) is 0 Å². The van der Waals surface area contributed by atoms with E-state index in [0.29, 0.717) is 6.04 Å². The molecule has 1 fully saturated rings. The number of rotatable bonds is 5. The zero-order chi connectivity index (χ0) is 17.7. The lowest BCUT2D eigenvalue weighted by Gasteiger charge is -2.33. The van der Waals surface area contributed by atoms with Crippen molar-refractivity contribution < 1.29 is 24.0 Å². The molecule has 3 heteroatoms. The first kappa shape index (κ1) is 20.5. The maximum atomic E-state index is 3.81. The molecule has 1 N–H and O–H groups in total.